The molecule has 1 aliphatic rings. The number of hydrogen-bond donors (Lipinski definition) is 3. The van der Waals surface area contributed by atoms with Gasteiger partial charge in [-0.2, -0.15) is 0 Å². The lowest BCUT2D eigenvalue weighted by Gasteiger charge is -2.17. The highest BCUT2D eigenvalue weighted by molar-refractivity contribution is 5.49. The van der Waals surface area contributed by atoms with Crippen molar-refractivity contribution < 1.29 is 1.41 Å². The van der Waals surface area contributed by atoms with Gasteiger partial charge in [0.15, 0.2) is 0 Å². The van der Waals surface area contributed by atoms with Gasteiger partial charge in [-0.3, -0.25) is 0 Å². The minimum Gasteiger partial charge on any atom is -0.398 e. The van der Waals surface area contributed by atoms with E-state index in [2.05, 4.69) is 0 Å². The maximum absolute atomic E-state index is 7.75. The van der Waals surface area contributed by atoms with Crippen LogP contribution in [0.5, 0.6) is 0 Å². The minimum atomic E-state index is -0.0452. The summed E-state index contributed by atoms with van der Waals surface area (Å²) < 4.78 is 7.75. The molecule has 0 spiro atoms. The number of hydrogen-bond acceptors (Lipinski definition) is 3. The normalized spacial score (nSPS) is 30.4. The molecule has 0 amide bonds. The maximum atomic E-state index is 7.75. The average molecular weight is 178 g/mol. The Hall–Kier alpha value is -1.06. The summed E-state index contributed by atoms with van der Waals surface area (Å²) in [4.78, 5) is 0. The van der Waals surface area contributed by atoms with E-state index in [4.69, 9.17) is 12.9 Å². The molecule has 1 aromatic rings. The number of para-hydroxylation sites is 1. The van der Waals surface area contributed by atoms with Crippen LogP contribution in [0.4, 0.5) is 5.69 Å². The lowest BCUT2D eigenvalue weighted by Crippen LogP contribution is -2.28. The molecule has 0 bridgehead atoms. The highest BCUT2D eigenvalue weighted by Gasteiger charge is 2.25. The van der Waals surface area contributed by atoms with E-state index in [1.54, 1.807) is 0 Å². The molecule has 70 valence electrons. The molecule has 0 aromatic heterocycles. The Morgan fingerprint density at radius 1 is 1.46 bits per heavy atom. The second-order valence-corrected chi connectivity index (χ2v) is 3.43. The fourth-order valence-corrected chi connectivity index (χ4v) is 1.77. The molecule has 2 rings (SSSR count). The second-order valence-electron chi connectivity index (χ2n) is 3.43. The van der Waals surface area contributed by atoms with Crippen molar-refractivity contribution in [3.05, 3.63) is 29.8 Å². The molecule has 0 saturated carbocycles. The minimum absolute atomic E-state index is 0.0252. The molecule has 1 saturated heterocycles. The smallest absolute Gasteiger partial charge is 0.123 e. The number of nitrogen functional groups attached to an aromatic ring is 1. The molecule has 0 radical (unpaired) electrons. The first kappa shape index (κ1) is 7.35. The summed E-state index contributed by atoms with van der Waals surface area (Å²) >= 11 is 0. The van der Waals surface area contributed by atoms with Crippen molar-refractivity contribution in [1.82, 2.24) is 5.31 Å². The first-order valence-corrected chi connectivity index (χ1v) is 4.55. The van der Waals surface area contributed by atoms with E-state index in [0.717, 1.165) is 24.2 Å². The standard InChI is InChI=1S/C10H15N3/c11-8-4-2-1-3-7(8)10-9(12)5-6-13-10/h1-4,9-10,13H,5-6,11-12H2/t9?,10-/m1/s1/i/hD. The Labute approximate surface area is 79.6 Å². The zero-order valence-corrected chi connectivity index (χ0v) is 7.48. The van der Waals surface area contributed by atoms with E-state index < -0.39 is 0 Å². The van der Waals surface area contributed by atoms with Gasteiger partial charge in [0.1, 0.15) is 1.41 Å². The molecule has 13 heavy (non-hydrogen) atoms. The predicted molar refractivity (Wildman–Crippen MR) is 54.2 cm³/mol. The van der Waals surface area contributed by atoms with Gasteiger partial charge >= 0.3 is 0 Å². The molecule has 1 aliphatic heterocycles. The zero-order chi connectivity index (χ0) is 10.1. The molecule has 5 N–H and O–H groups in total. The topological polar surface area (TPSA) is 64.1 Å². The van der Waals surface area contributed by atoms with Crippen LogP contribution in [0.1, 0.15) is 18.0 Å². The van der Waals surface area contributed by atoms with Crippen LogP contribution >= 0.6 is 0 Å². The number of anilines is 1. The monoisotopic (exact) mass is 178 g/mol. The van der Waals surface area contributed by atoms with Crippen LogP contribution < -0.4 is 16.8 Å². The first-order chi connectivity index (χ1) is 6.70. The quantitative estimate of drug-likeness (QED) is 0.553. The molecule has 3 heteroatoms. The zero-order valence-electron chi connectivity index (χ0n) is 8.48. The first-order valence-electron chi connectivity index (χ1n) is 5.00. The van der Waals surface area contributed by atoms with Crippen molar-refractivity contribution in [2.75, 3.05) is 12.3 Å². The van der Waals surface area contributed by atoms with Gasteiger partial charge in [-0.1, -0.05) is 18.2 Å². The van der Waals surface area contributed by atoms with Gasteiger partial charge in [-0.05, 0) is 24.6 Å². The summed E-state index contributed by atoms with van der Waals surface area (Å²) in [6.45, 7) is 0.722. The molecule has 1 fully saturated rings. The van der Waals surface area contributed by atoms with Gasteiger partial charge in [0.2, 0.25) is 0 Å². The molecule has 3 nitrogen and oxygen atoms in total. The second kappa shape index (κ2) is 3.36. The Bertz CT molecular complexity index is 319. The van der Waals surface area contributed by atoms with E-state index in [9.17, 15) is 0 Å². The van der Waals surface area contributed by atoms with Crippen molar-refractivity contribution in [2.45, 2.75) is 18.5 Å². The Morgan fingerprint density at radius 2 is 2.23 bits per heavy atom. The van der Waals surface area contributed by atoms with Gasteiger partial charge < -0.3 is 16.8 Å². The van der Waals surface area contributed by atoms with Crippen molar-refractivity contribution in [3.8, 4) is 0 Å². The van der Waals surface area contributed by atoms with Crippen molar-refractivity contribution in [1.29, 1.82) is 0 Å². The number of benzene rings is 1. The Kier molecular flexibility index (Phi) is 1.90. The summed E-state index contributed by atoms with van der Waals surface area (Å²) in [5.41, 5.74) is 13.5. The summed E-state index contributed by atoms with van der Waals surface area (Å²) in [6, 6.07) is 7.62. The van der Waals surface area contributed by atoms with E-state index in [-0.39, 0.29) is 12.1 Å². The van der Waals surface area contributed by atoms with Crippen LogP contribution in [0.3, 0.4) is 0 Å². The third-order valence-corrected chi connectivity index (χ3v) is 2.51. The predicted octanol–water partition coefficient (Wildman–Crippen LogP) is 0.630. The molecule has 1 aromatic carbocycles. The van der Waals surface area contributed by atoms with Gasteiger partial charge in [-0.15, -0.1) is 0 Å². The molecule has 1 heterocycles. The average Bonchev–Trinajstić information content (AvgIpc) is 2.48. The van der Waals surface area contributed by atoms with Crippen LogP contribution in [0.15, 0.2) is 24.3 Å². The third kappa shape index (κ3) is 1.53. The largest absolute Gasteiger partial charge is 0.398 e. The highest BCUT2D eigenvalue weighted by atomic mass is 15.0. The van der Waals surface area contributed by atoms with Gasteiger partial charge in [0.25, 0.3) is 0 Å². The van der Waals surface area contributed by atoms with E-state index in [0.29, 0.717) is 0 Å². The maximum Gasteiger partial charge on any atom is 0.123 e. The van der Waals surface area contributed by atoms with Crippen molar-refractivity contribution in [3.63, 3.8) is 0 Å². The van der Waals surface area contributed by atoms with Crippen LogP contribution in [0.2, 0.25) is 1.41 Å². The van der Waals surface area contributed by atoms with Crippen LogP contribution in [-0.4, -0.2) is 12.6 Å². The van der Waals surface area contributed by atoms with Crippen molar-refractivity contribution in [2.24, 2.45) is 5.73 Å². The molecule has 0 aliphatic carbocycles. The number of rotatable bonds is 1. The fourth-order valence-electron chi connectivity index (χ4n) is 1.77. The lowest BCUT2D eigenvalue weighted by molar-refractivity contribution is 0.573. The number of nitrogens with one attached hydrogen (secondary N) is 1. The van der Waals surface area contributed by atoms with Crippen LogP contribution in [0, 0.1) is 0 Å². The molecular weight excluding hydrogens is 162 g/mol. The van der Waals surface area contributed by atoms with Crippen molar-refractivity contribution >= 4 is 5.69 Å². The molecule has 2 atom stereocenters. The molecular formula is C10H15N3. The SMILES string of the molecule is [2H]N1CCC(N)[C@H]1c1ccccc1N. The molecule has 1 unspecified atom stereocenters. The fraction of sp³-hybridized carbons (Fsp3) is 0.400. The summed E-state index contributed by atoms with van der Waals surface area (Å²) in [6.07, 6.45) is 0.864. The van der Waals surface area contributed by atoms with E-state index in [1.165, 1.54) is 5.31 Å². The third-order valence-electron chi connectivity index (χ3n) is 2.51. The van der Waals surface area contributed by atoms with E-state index in [1.807, 2.05) is 24.3 Å². The van der Waals surface area contributed by atoms with Crippen LogP contribution in [0.25, 0.3) is 0 Å². The Morgan fingerprint density at radius 3 is 2.85 bits per heavy atom. The van der Waals surface area contributed by atoms with E-state index >= 15 is 0 Å². The highest BCUT2D eigenvalue weighted by Crippen LogP contribution is 2.26. The van der Waals surface area contributed by atoms with Gasteiger partial charge in [0, 0.05) is 17.8 Å². The Balaban J connectivity index is 2.34. The van der Waals surface area contributed by atoms with Gasteiger partial charge in [-0.25, -0.2) is 0 Å². The summed E-state index contributed by atoms with van der Waals surface area (Å²) in [5, 5.41) is 1.52. The summed E-state index contributed by atoms with van der Waals surface area (Å²) in [5.74, 6) is 0. The van der Waals surface area contributed by atoms with Crippen LogP contribution in [-0.2, 0) is 0 Å². The van der Waals surface area contributed by atoms with Gasteiger partial charge in [0.05, 0.1) is 0 Å². The lowest BCUT2D eigenvalue weighted by atomic mass is 10.00. The number of nitrogens with two attached hydrogens (primary N) is 2. The summed E-state index contributed by atoms with van der Waals surface area (Å²) in [7, 11) is 0.